The Hall–Kier alpha value is 0.644. The molecule has 0 fully saturated rings. The topological polar surface area (TPSA) is 216 Å². The summed E-state index contributed by atoms with van der Waals surface area (Å²) in [6.07, 6.45) is 0.527. The molecule has 0 spiro atoms. The zero-order chi connectivity index (χ0) is 29.0. The molecule has 0 aliphatic heterocycles. The summed E-state index contributed by atoms with van der Waals surface area (Å²) in [5, 5.41) is 0. The van der Waals surface area contributed by atoms with Crippen LogP contribution >= 0.6 is 22.8 Å². The minimum atomic E-state index is -4.54. The first kappa shape index (κ1) is 37.6. The molecule has 6 N–H and O–H groups in total. The van der Waals surface area contributed by atoms with Crippen LogP contribution in [0.15, 0.2) is 0 Å². The van der Waals surface area contributed by atoms with E-state index in [0.29, 0.717) is 31.6 Å². The van der Waals surface area contributed by atoms with Gasteiger partial charge in [-0.3, -0.25) is 23.5 Å². The predicted octanol–water partition coefficient (Wildman–Crippen LogP) is 1.54. The van der Waals surface area contributed by atoms with Crippen molar-refractivity contribution in [1.29, 1.82) is 0 Å². The zero-order valence-electron chi connectivity index (χ0n) is 22.3. The van der Waals surface area contributed by atoms with E-state index >= 15 is 0 Å². The first-order valence-electron chi connectivity index (χ1n) is 11.8. The van der Waals surface area contributed by atoms with Crippen LogP contribution in [0.4, 0.5) is 0 Å². The van der Waals surface area contributed by atoms with Crippen LogP contribution in [0.25, 0.3) is 0 Å². The van der Waals surface area contributed by atoms with Crippen molar-refractivity contribution < 1.29 is 60.4 Å². The van der Waals surface area contributed by atoms with E-state index < -0.39 is 52.7 Å². The van der Waals surface area contributed by atoms with Crippen molar-refractivity contribution in [3.8, 4) is 0 Å². The minimum Gasteiger partial charge on any atom is -0.398 e. The Morgan fingerprint density at radius 3 is 1.46 bits per heavy atom. The number of hydrogen-bond donors (Lipinski definition) is 6. The van der Waals surface area contributed by atoms with Crippen molar-refractivity contribution in [2.45, 2.75) is 51.2 Å². The highest BCUT2D eigenvalue weighted by Gasteiger charge is 2.47. The Bertz CT molecular complexity index is 768. The monoisotopic (exact) mass is 634 g/mol. The van der Waals surface area contributed by atoms with Crippen LogP contribution in [-0.2, 0) is 31.1 Å². The molecule has 1 atom stereocenters. The zero-order valence-corrected chi connectivity index (χ0v) is 26.9. The Balaban J connectivity index is 5.27. The fourth-order valence-corrected chi connectivity index (χ4v) is 12.8. The molecule has 0 aromatic rings. The molecule has 0 saturated heterocycles. The highest BCUT2D eigenvalue weighted by Crippen LogP contribution is 2.41. The highest BCUT2D eigenvalue weighted by molar-refractivity contribution is 7.52. The van der Waals surface area contributed by atoms with Crippen molar-refractivity contribution in [2.24, 2.45) is 0 Å². The SMILES string of the molecule is CCCCN(CCC[Si](OC)(OC)O[Si](C)(CCCN(CP(=O)(O)O)CP(=O)(O)O)OC)CP(=O)(O)O. The number of hydrogen-bond acceptors (Lipinski definition) is 9. The molecule has 0 saturated carbocycles. The maximum absolute atomic E-state index is 11.5. The summed E-state index contributed by atoms with van der Waals surface area (Å²) in [7, 11) is -15.1. The molecule has 1 unspecified atom stereocenters. The maximum Gasteiger partial charge on any atom is 0.491 e. The van der Waals surface area contributed by atoms with Crippen molar-refractivity contribution in [3.63, 3.8) is 0 Å². The van der Waals surface area contributed by atoms with Gasteiger partial charge in [-0.05, 0) is 51.5 Å². The third-order valence-corrected chi connectivity index (χ3v) is 15.1. The lowest BCUT2D eigenvalue weighted by molar-refractivity contribution is 0.133. The van der Waals surface area contributed by atoms with Crippen molar-refractivity contribution >= 4 is 40.2 Å². The average molecular weight is 635 g/mol. The molecule has 0 heterocycles. The van der Waals surface area contributed by atoms with Crippen molar-refractivity contribution in [3.05, 3.63) is 0 Å². The molecule has 224 valence electrons. The van der Waals surface area contributed by atoms with Crippen LogP contribution in [-0.4, -0.2) is 116 Å². The Morgan fingerprint density at radius 1 is 0.649 bits per heavy atom. The average Bonchev–Trinajstić information content (AvgIpc) is 2.73. The van der Waals surface area contributed by atoms with Gasteiger partial charge in [0.2, 0.25) is 0 Å². The second kappa shape index (κ2) is 16.8. The van der Waals surface area contributed by atoms with E-state index in [9.17, 15) is 43.1 Å². The van der Waals surface area contributed by atoms with Crippen LogP contribution in [0.3, 0.4) is 0 Å². The quantitative estimate of drug-likeness (QED) is 0.0736. The van der Waals surface area contributed by atoms with E-state index in [1.807, 2.05) is 6.92 Å². The van der Waals surface area contributed by atoms with Gasteiger partial charge >= 0.3 is 40.2 Å². The molecule has 0 bridgehead atoms. The summed E-state index contributed by atoms with van der Waals surface area (Å²) in [6.45, 7) is 4.70. The molecule has 20 heteroatoms. The summed E-state index contributed by atoms with van der Waals surface area (Å²) in [4.78, 5) is 58.4. The van der Waals surface area contributed by atoms with Gasteiger partial charge < -0.3 is 46.8 Å². The molecule has 0 aliphatic rings. The van der Waals surface area contributed by atoms with Gasteiger partial charge in [0, 0.05) is 27.4 Å². The first-order chi connectivity index (χ1) is 16.8. The van der Waals surface area contributed by atoms with E-state index in [2.05, 4.69) is 0 Å². The normalized spacial score (nSPS) is 15.5. The lowest BCUT2D eigenvalue weighted by Crippen LogP contribution is -2.54. The van der Waals surface area contributed by atoms with E-state index in [-0.39, 0.29) is 19.3 Å². The molecule has 0 aromatic carbocycles. The molecule has 37 heavy (non-hydrogen) atoms. The van der Waals surface area contributed by atoms with E-state index in [1.54, 1.807) is 11.4 Å². The molecule has 0 amide bonds. The van der Waals surface area contributed by atoms with Gasteiger partial charge in [-0.1, -0.05) is 13.3 Å². The van der Waals surface area contributed by atoms with Gasteiger partial charge in [0.05, 0.1) is 0 Å². The van der Waals surface area contributed by atoms with Crippen molar-refractivity contribution in [1.82, 2.24) is 9.80 Å². The standard InChI is InChI=1S/C17H45N2O13P3Si2/c1-6-7-10-18(15-33(20,21)22)11-9-14-37(30-3,31-4)32-36(5,29-2)13-8-12-19(16-34(23,24)25)17-35(26,27)28/h6-17H2,1-5H3,(H2,20,21,22)(H2,23,24,25)(H2,26,27,28). The van der Waals surface area contributed by atoms with E-state index in [4.69, 9.17) is 17.4 Å². The van der Waals surface area contributed by atoms with E-state index in [0.717, 1.165) is 17.7 Å². The number of nitrogens with zero attached hydrogens (tertiary/aromatic N) is 2. The van der Waals surface area contributed by atoms with Gasteiger partial charge in [0.25, 0.3) is 0 Å². The van der Waals surface area contributed by atoms with Gasteiger partial charge in [0.1, 0.15) is 18.9 Å². The van der Waals surface area contributed by atoms with Gasteiger partial charge in [-0.25, -0.2) is 0 Å². The predicted molar refractivity (Wildman–Crippen MR) is 142 cm³/mol. The minimum absolute atomic E-state index is 0.00514. The van der Waals surface area contributed by atoms with Crippen LogP contribution in [0, 0.1) is 0 Å². The Kier molecular flexibility index (Phi) is 17.1. The lowest BCUT2D eigenvalue weighted by Gasteiger charge is -2.36. The van der Waals surface area contributed by atoms with Crippen LogP contribution in [0.5, 0.6) is 0 Å². The van der Waals surface area contributed by atoms with E-state index in [1.165, 1.54) is 21.3 Å². The van der Waals surface area contributed by atoms with Crippen LogP contribution < -0.4 is 0 Å². The number of rotatable bonds is 22. The number of unbranched alkanes of at least 4 members (excludes halogenated alkanes) is 1. The summed E-state index contributed by atoms with van der Waals surface area (Å²) in [5.74, 6) is 0. The molecular formula is C17H45N2O13P3Si2. The highest BCUT2D eigenvalue weighted by atomic mass is 31.2. The molecular weight excluding hydrogens is 589 g/mol. The third kappa shape index (κ3) is 18.6. The summed E-state index contributed by atoms with van der Waals surface area (Å²) >= 11 is 0. The largest absolute Gasteiger partial charge is 0.491 e. The second-order valence-corrected chi connectivity index (χ2v) is 20.5. The fourth-order valence-electron chi connectivity index (χ4n) is 3.69. The second-order valence-electron chi connectivity index (χ2n) is 9.02. The van der Waals surface area contributed by atoms with Crippen LogP contribution in [0.2, 0.25) is 18.6 Å². The maximum atomic E-state index is 11.5. The van der Waals surface area contributed by atoms with Crippen molar-refractivity contribution in [2.75, 3.05) is 59.8 Å². The lowest BCUT2D eigenvalue weighted by atomic mass is 10.3. The van der Waals surface area contributed by atoms with Gasteiger partial charge in [-0.2, -0.15) is 0 Å². The Morgan fingerprint density at radius 2 is 1.05 bits per heavy atom. The van der Waals surface area contributed by atoms with Gasteiger partial charge in [0.15, 0.2) is 0 Å². The molecule has 15 nitrogen and oxygen atoms in total. The molecule has 0 rings (SSSR count). The third-order valence-electron chi connectivity index (χ3n) is 5.47. The molecule has 0 aromatic heterocycles. The summed E-state index contributed by atoms with van der Waals surface area (Å²) < 4.78 is 57.6. The van der Waals surface area contributed by atoms with Gasteiger partial charge in [-0.15, -0.1) is 0 Å². The van der Waals surface area contributed by atoms with Crippen LogP contribution in [0.1, 0.15) is 32.6 Å². The summed E-state index contributed by atoms with van der Waals surface area (Å²) in [6, 6.07) is 0.683. The Labute approximate surface area is 221 Å². The first-order valence-corrected chi connectivity index (χ1v) is 21.6. The fraction of sp³-hybridized carbons (Fsp3) is 1.00. The smallest absolute Gasteiger partial charge is 0.398 e. The molecule has 0 radical (unpaired) electrons. The summed E-state index contributed by atoms with van der Waals surface area (Å²) in [5.41, 5.74) is 0. The molecule has 0 aliphatic carbocycles.